The van der Waals surface area contributed by atoms with Gasteiger partial charge >= 0.3 is 0 Å². The van der Waals surface area contributed by atoms with Crippen molar-refractivity contribution in [2.45, 2.75) is 25.0 Å². The highest BCUT2D eigenvalue weighted by atomic mass is 79.9. The third-order valence-corrected chi connectivity index (χ3v) is 4.09. The quantitative estimate of drug-likeness (QED) is 0.824. The Balaban J connectivity index is 1.74. The van der Waals surface area contributed by atoms with Gasteiger partial charge in [-0.05, 0) is 43.7 Å². The van der Waals surface area contributed by atoms with Gasteiger partial charge in [0.1, 0.15) is 18.5 Å². The summed E-state index contributed by atoms with van der Waals surface area (Å²) >= 11 is 3.38. The van der Waals surface area contributed by atoms with Gasteiger partial charge in [0.05, 0.1) is 6.61 Å². The summed E-state index contributed by atoms with van der Waals surface area (Å²) in [6, 6.07) is 8.07. The molecule has 2 rings (SSSR count). The fourth-order valence-corrected chi connectivity index (χ4v) is 2.83. The zero-order chi connectivity index (χ0) is 14.4. The molecule has 0 aromatic heterocycles. The smallest absolute Gasteiger partial charge is 0.119 e. The van der Waals surface area contributed by atoms with Crippen LogP contribution in [0.4, 0.5) is 0 Å². The number of hydrogen-bond acceptors (Lipinski definition) is 4. The topological polar surface area (TPSA) is 41.9 Å². The highest BCUT2D eigenvalue weighted by Crippen LogP contribution is 2.19. The number of aliphatic hydroxyl groups excluding tert-OH is 1. The van der Waals surface area contributed by atoms with E-state index >= 15 is 0 Å². The first kappa shape index (κ1) is 15.8. The maximum Gasteiger partial charge on any atom is 0.119 e. The summed E-state index contributed by atoms with van der Waals surface area (Å²) in [6.45, 7) is 2.73. The fraction of sp³-hybridized carbons (Fsp3) is 0.600. The molecule has 1 aliphatic rings. The minimum absolute atomic E-state index is 0.317. The van der Waals surface area contributed by atoms with Gasteiger partial charge in [0.2, 0.25) is 0 Å². The number of ether oxygens (including phenoxy) is 2. The lowest BCUT2D eigenvalue weighted by molar-refractivity contribution is 0.0459. The number of halogens is 1. The van der Waals surface area contributed by atoms with Crippen LogP contribution in [0.5, 0.6) is 5.75 Å². The van der Waals surface area contributed by atoms with E-state index < -0.39 is 6.10 Å². The van der Waals surface area contributed by atoms with Crippen molar-refractivity contribution in [2.75, 3.05) is 33.4 Å². The number of aliphatic hydroxyl groups is 1. The summed E-state index contributed by atoms with van der Waals surface area (Å²) < 4.78 is 11.8. The molecule has 0 saturated carbocycles. The first-order valence-electron chi connectivity index (χ1n) is 6.98. The Morgan fingerprint density at radius 3 is 2.85 bits per heavy atom. The molecule has 112 valence electrons. The Kier molecular flexibility index (Phi) is 6.29. The standard InChI is InChI=1S/C15H22BrNO3/c1-19-10-13-3-2-8-17(13)9-14(18)11-20-15-6-4-12(16)5-7-15/h4-7,13-14,18H,2-3,8-11H2,1H3. The van der Waals surface area contributed by atoms with E-state index in [-0.39, 0.29) is 0 Å². The summed E-state index contributed by atoms with van der Waals surface area (Å²) in [5.74, 6) is 0.780. The molecule has 5 heteroatoms. The van der Waals surface area contributed by atoms with E-state index in [9.17, 15) is 5.11 Å². The fourth-order valence-electron chi connectivity index (χ4n) is 2.56. The molecule has 1 aromatic carbocycles. The Bertz CT molecular complexity index is 399. The monoisotopic (exact) mass is 343 g/mol. The molecule has 1 aliphatic heterocycles. The highest BCUT2D eigenvalue weighted by Gasteiger charge is 2.26. The molecule has 0 aliphatic carbocycles. The van der Waals surface area contributed by atoms with Crippen molar-refractivity contribution in [2.24, 2.45) is 0 Å². The van der Waals surface area contributed by atoms with Crippen LogP contribution in [0, 0.1) is 0 Å². The van der Waals surface area contributed by atoms with Gasteiger partial charge in [-0.1, -0.05) is 15.9 Å². The van der Waals surface area contributed by atoms with Gasteiger partial charge in [-0.15, -0.1) is 0 Å². The van der Waals surface area contributed by atoms with Crippen LogP contribution < -0.4 is 4.74 Å². The van der Waals surface area contributed by atoms with Gasteiger partial charge in [0.15, 0.2) is 0 Å². The van der Waals surface area contributed by atoms with Crippen LogP contribution in [0.15, 0.2) is 28.7 Å². The number of benzene rings is 1. The number of likely N-dealkylation sites (tertiary alicyclic amines) is 1. The summed E-state index contributed by atoms with van der Waals surface area (Å²) in [6.07, 6.45) is 1.85. The lowest BCUT2D eigenvalue weighted by Crippen LogP contribution is -2.40. The molecular formula is C15H22BrNO3. The van der Waals surface area contributed by atoms with Crippen LogP contribution in [0.2, 0.25) is 0 Å². The van der Waals surface area contributed by atoms with E-state index in [0.717, 1.165) is 29.8 Å². The maximum atomic E-state index is 10.1. The molecule has 2 atom stereocenters. The molecule has 1 aromatic rings. The van der Waals surface area contributed by atoms with Gasteiger partial charge in [-0.2, -0.15) is 0 Å². The Morgan fingerprint density at radius 1 is 1.40 bits per heavy atom. The predicted octanol–water partition coefficient (Wildman–Crippen LogP) is 2.30. The minimum Gasteiger partial charge on any atom is -0.491 e. The minimum atomic E-state index is -0.476. The summed E-state index contributed by atoms with van der Waals surface area (Å²) in [4.78, 5) is 2.29. The first-order chi connectivity index (χ1) is 9.69. The largest absolute Gasteiger partial charge is 0.491 e. The average molecular weight is 344 g/mol. The van der Waals surface area contributed by atoms with Crippen molar-refractivity contribution in [1.29, 1.82) is 0 Å². The molecule has 20 heavy (non-hydrogen) atoms. The van der Waals surface area contributed by atoms with Crippen molar-refractivity contribution < 1.29 is 14.6 Å². The van der Waals surface area contributed by atoms with E-state index in [2.05, 4.69) is 20.8 Å². The number of hydrogen-bond donors (Lipinski definition) is 1. The molecule has 0 amide bonds. The van der Waals surface area contributed by atoms with E-state index in [1.807, 2.05) is 24.3 Å². The first-order valence-corrected chi connectivity index (χ1v) is 7.77. The second-order valence-electron chi connectivity index (χ2n) is 5.17. The molecular weight excluding hydrogens is 322 g/mol. The van der Waals surface area contributed by atoms with Crippen molar-refractivity contribution in [3.05, 3.63) is 28.7 Å². The van der Waals surface area contributed by atoms with Gasteiger partial charge in [-0.3, -0.25) is 4.90 Å². The normalized spacial score (nSPS) is 21.1. The van der Waals surface area contributed by atoms with Gasteiger partial charge in [0, 0.05) is 24.2 Å². The van der Waals surface area contributed by atoms with Crippen molar-refractivity contribution in [3.63, 3.8) is 0 Å². The van der Waals surface area contributed by atoms with Gasteiger partial charge < -0.3 is 14.6 Å². The third-order valence-electron chi connectivity index (χ3n) is 3.56. The van der Waals surface area contributed by atoms with Crippen LogP contribution in [0.25, 0.3) is 0 Å². The second-order valence-corrected chi connectivity index (χ2v) is 6.08. The van der Waals surface area contributed by atoms with E-state index in [4.69, 9.17) is 9.47 Å². The molecule has 1 fully saturated rings. The predicted molar refractivity (Wildman–Crippen MR) is 82.1 cm³/mol. The molecule has 1 saturated heterocycles. The number of β-amino-alcohol motifs (C(OH)–C–C–N with tert-alkyl or cyclic N) is 1. The lowest BCUT2D eigenvalue weighted by atomic mass is 10.2. The number of nitrogens with zero attached hydrogens (tertiary/aromatic N) is 1. The van der Waals surface area contributed by atoms with Gasteiger partial charge in [0.25, 0.3) is 0 Å². The average Bonchev–Trinajstić information content (AvgIpc) is 2.86. The number of rotatable bonds is 7. The maximum absolute atomic E-state index is 10.1. The van der Waals surface area contributed by atoms with Gasteiger partial charge in [-0.25, -0.2) is 0 Å². The van der Waals surface area contributed by atoms with Crippen LogP contribution in [-0.4, -0.2) is 55.6 Å². The van der Waals surface area contributed by atoms with E-state index in [0.29, 0.717) is 19.2 Å². The Labute approximate surface area is 128 Å². The number of methoxy groups -OCH3 is 1. The molecule has 0 bridgehead atoms. The lowest BCUT2D eigenvalue weighted by Gasteiger charge is -2.26. The summed E-state index contributed by atoms with van der Waals surface area (Å²) in [5.41, 5.74) is 0. The molecule has 1 N–H and O–H groups in total. The zero-order valence-electron chi connectivity index (χ0n) is 11.8. The molecule has 2 unspecified atom stereocenters. The van der Waals surface area contributed by atoms with Crippen LogP contribution in [0.3, 0.4) is 0 Å². The SMILES string of the molecule is COCC1CCCN1CC(O)COc1ccc(Br)cc1. The Hall–Kier alpha value is -0.620. The summed E-state index contributed by atoms with van der Waals surface area (Å²) in [5, 5.41) is 10.1. The zero-order valence-corrected chi connectivity index (χ0v) is 13.4. The van der Waals surface area contributed by atoms with Crippen molar-refractivity contribution in [1.82, 2.24) is 4.90 Å². The van der Waals surface area contributed by atoms with Crippen LogP contribution in [-0.2, 0) is 4.74 Å². The second kappa shape index (κ2) is 7.98. The van der Waals surface area contributed by atoms with Crippen LogP contribution >= 0.6 is 15.9 Å². The Morgan fingerprint density at radius 2 is 2.15 bits per heavy atom. The van der Waals surface area contributed by atoms with E-state index in [1.165, 1.54) is 6.42 Å². The molecule has 0 radical (unpaired) electrons. The highest BCUT2D eigenvalue weighted by molar-refractivity contribution is 9.10. The molecule has 4 nitrogen and oxygen atoms in total. The van der Waals surface area contributed by atoms with E-state index in [1.54, 1.807) is 7.11 Å². The van der Waals surface area contributed by atoms with Crippen molar-refractivity contribution in [3.8, 4) is 5.75 Å². The molecule has 0 spiro atoms. The van der Waals surface area contributed by atoms with Crippen LogP contribution in [0.1, 0.15) is 12.8 Å². The summed E-state index contributed by atoms with van der Waals surface area (Å²) in [7, 11) is 1.73. The van der Waals surface area contributed by atoms with Crippen molar-refractivity contribution >= 4 is 15.9 Å². The molecule has 1 heterocycles. The third kappa shape index (κ3) is 4.74.